The lowest BCUT2D eigenvalue weighted by Gasteiger charge is -2.26. The highest BCUT2D eigenvalue weighted by Gasteiger charge is 2.19. The zero-order valence-electron chi connectivity index (χ0n) is 12.7. The maximum Gasteiger partial charge on any atom is 0.140 e. The van der Waals surface area contributed by atoms with Crippen molar-refractivity contribution in [1.82, 2.24) is 14.9 Å². The Morgan fingerprint density at radius 2 is 1.95 bits per heavy atom. The van der Waals surface area contributed by atoms with Crippen molar-refractivity contribution in [2.45, 2.75) is 45.7 Å². The predicted molar refractivity (Wildman–Crippen MR) is 84.7 cm³/mol. The van der Waals surface area contributed by atoms with E-state index in [0.29, 0.717) is 12.1 Å². The molecule has 0 aliphatic rings. The summed E-state index contributed by atoms with van der Waals surface area (Å²) in [5, 5.41) is 3.64. The van der Waals surface area contributed by atoms with Crippen LogP contribution in [0.1, 0.15) is 39.7 Å². The normalized spacial score (nSPS) is 14.2. The summed E-state index contributed by atoms with van der Waals surface area (Å²) in [5.74, 6) is 1.05. The standard InChI is InChI=1S/C17H25N3/c1-4-11-18-16(5-2)14(3)20-13-12-19-17(20)15-9-7-6-8-10-15/h6-10,12-14,16,18H,4-5,11H2,1-3H3. The summed E-state index contributed by atoms with van der Waals surface area (Å²) in [7, 11) is 0. The van der Waals surface area contributed by atoms with Gasteiger partial charge >= 0.3 is 0 Å². The van der Waals surface area contributed by atoms with Gasteiger partial charge < -0.3 is 9.88 Å². The third kappa shape index (κ3) is 3.28. The summed E-state index contributed by atoms with van der Waals surface area (Å²) in [6.45, 7) is 7.78. The Morgan fingerprint density at radius 1 is 1.20 bits per heavy atom. The van der Waals surface area contributed by atoms with Crippen molar-refractivity contribution < 1.29 is 0 Å². The third-order valence-corrected chi connectivity index (χ3v) is 3.82. The van der Waals surface area contributed by atoms with Crippen LogP contribution in [-0.2, 0) is 0 Å². The van der Waals surface area contributed by atoms with Crippen molar-refractivity contribution in [3.05, 3.63) is 42.7 Å². The molecule has 2 rings (SSSR count). The van der Waals surface area contributed by atoms with Gasteiger partial charge in [-0.3, -0.25) is 0 Å². The smallest absolute Gasteiger partial charge is 0.140 e. The van der Waals surface area contributed by atoms with Crippen molar-refractivity contribution >= 4 is 0 Å². The Labute approximate surface area is 122 Å². The predicted octanol–water partition coefficient (Wildman–Crippen LogP) is 3.89. The van der Waals surface area contributed by atoms with Crippen LogP contribution in [0, 0.1) is 0 Å². The van der Waals surface area contributed by atoms with Crippen LogP contribution < -0.4 is 5.32 Å². The van der Waals surface area contributed by atoms with Crippen LogP contribution in [0.3, 0.4) is 0 Å². The van der Waals surface area contributed by atoms with Crippen LogP contribution in [0.4, 0.5) is 0 Å². The van der Waals surface area contributed by atoms with Crippen molar-refractivity contribution in [3.63, 3.8) is 0 Å². The number of rotatable bonds is 7. The Bertz CT molecular complexity index is 504. The minimum Gasteiger partial charge on any atom is -0.327 e. The first-order valence-electron chi connectivity index (χ1n) is 7.59. The van der Waals surface area contributed by atoms with E-state index < -0.39 is 0 Å². The molecule has 3 nitrogen and oxygen atoms in total. The molecule has 2 atom stereocenters. The second kappa shape index (κ2) is 7.25. The van der Waals surface area contributed by atoms with E-state index in [2.05, 4.69) is 66.1 Å². The fraction of sp³-hybridized carbons (Fsp3) is 0.471. The zero-order chi connectivity index (χ0) is 14.4. The van der Waals surface area contributed by atoms with Gasteiger partial charge in [0.15, 0.2) is 0 Å². The van der Waals surface area contributed by atoms with E-state index in [1.54, 1.807) is 0 Å². The Balaban J connectivity index is 2.22. The van der Waals surface area contributed by atoms with Crippen LogP contribution in [0.5, 0.6) is 0 Å². The summed E-state index contributed by atoms with van der Waals surface area (Å²) >= 11 is 0. The second-order valence-electron chi connectivity index (χ2n) is 5.23. The Kier molecular flexibility index (Phi) is 5.36. The highest BCUT2D eigenvalue weighted by Crippen LogP contribution is 2.23. The van der Waals surface area contributed by atoms with Gasteiger partial charge in [-0.1, -0.05) is 44.2 Å². The SMILES string of the molecule is CCCNC(CC)C(C)n1ccnc1-c1ccccc1. The Morgan fingerprint density at radius 3 is 2.60 bits per heavy atom. The van der Waals surface area contributed by atoms with Gasteiger partial charge in [-0.25, -0.2) is 4.98 Å². The van der Waals surface area contributed by atoms with E-state index in [0.717, 1.165) is 18.8 Å². The number of hydrogen-bond acceptors (Lipinski definition) is 2. The van der Waals surface area contributed by atoms with Gasteiger partial charge in [0.05, 0.1) is 0 Å². The van der Waals surface area contributed by atoms with E-state index in [-0.39, 0.29) is 0 Å². The van der Waals surface area contributed by atoms with E-state index in [1.165, 1.54) is 12.0 Å². The second-order valence-corrected chi connectivity index (χ2v) is 5.23. The quantitative estimate of drug-likeness (QED) is 0.828. The third-order valence-electron chi connectivity index (χ3n) is 3.82. The van der Waals surface area contributed by atoms with Crippen molar-refractivity contribution in [2.75, 3.05) is 6.54 Å². The van der Waals surface area contributed by atoms with Crippen LogP contribution in [0.25, 0.3) is 11.4 Å². The molecule has 1 aromatic carbocycles. The molecule has 1 heterocycles. The summed E-state index contributed by atoms with van der Waals surface area (Å²) in [5.41, 5.74) is 1.18. The van der Waals surface area contributed by atoms with Crippen molar-refractivity contribution in [2.24, 2.45) is 0 Å². The molecule has 0 aliphatic carbocycles. The highest BCUT2D eigenvalue weighted by molar-refractivity contribution is 5.55. The number of benzene rings is 1. The largest absolute Gasteiger partial charge is 0.327 e. The van der Waals surface area contributed by atoms with Crippen LogP contribution in [0.2, 0.25) is 0 Å². The highest BCUT2D eigenvalue weighted by atomic mass is 15.1. The molecule has 0 spiro atoms. The van der Waals surface area contributed by atoms with Crippen molar-refractivity contribution in [1.29, 1.82) is 0 Å². The molecule has 1 N–H and O–H groups in total. The average Bonchev–Trinajstić information content (AvgIpc) is 2.98. The lowest BCUT2D eigenvalue weighted by Crippen LogP contribution is -2.36. The van der Waals surface area contributed by atoms with Gasteiger partial charge in [0.1, 0.15) is 5.82 Å². The molecule has 0 saturated heterocycles. The fourth-order valence-electron chi connectivity index (χ4n) is 2.63. The van der Waals surface area contributed by atoms with Gasteiger partial charge in [-0.2, -0.15) is 0 Å². The maximum absolute atomic E-state index is 4.54. The molecular formula is C17H25N3. The number of nitrogens with zero attached hydrogens (tertiary/aromatic N) is 2. The first kappa shape index (κ1) is 14.8. The molecule has 2 unspecified atom stereocenters. The van der Waals surface area contributed by atoms with Gasteiger partial charge in [-0.15, -0.1) is 0 Å². The van der Waals surface area contributed by atoms with Crippen LogP contribution in [-0.4, -0.2) is 22.1 Å². The topological polar surface area (TPSA) is 29.9 Å². The lowest BCUT2D eigenvalue weighted by molar-refractivity contribution is 0.363. The summed E-state index contributed by atoms with van der Waals surface area (Å²) in [4.78, 5) is 4.54. The summed E-state index contributed by atoms with van der Waals surface area (Å²) in [6.07, 6.45) is 6.26. The van der Waals surface area contributed by atoms with Crippen LogP contribution in [0.15, 0.2) is 42.7 Å². The first-order valence-corrected chi connectivity index (χ1v) is 7.59. The molecule has 1 aromatic heterocycles. The molecular weight excluding hydrogens is 246 g/mol. The van der Waals surface area contributed by atoms with Crippen LogP contribution >= 0.6 is 0 Å². The van der Waals surface area contributed by atoms with Gasteiger partial charge in [-0.05, 0) is 26.3 Å². The van der Waals surface area contributed by atoms with Gasteiger partial charge in [0.2, 0.25) is 0 Å². The molecule has 0 aliphatic heterocycles. The monoisotopic (exact) mass is 271 g/mol. The van der Waals surface area contributed by atoms with E-state index in [4.69, 9.17) is 0 Å². The van der Waals surface area contributed by atoms with E-state index >= 15 is 0 Å². The summed E-state index contributed by atoms with van der Waals surface area (Å²) < 4.78 is 2.28. The lowest BCUT2D eigenvalue weighted by atomic mass is 10.1. The molecule has 0 amide bonds. The Hall–Kier alpha value is -1.61. The van der Waals surface area contributed by atoms with Gasteiger partial charge in [0, 0.05) is 30.0 Å². The average molecular weight is 271 g/mol. The van der Waals surface area contributed by atoms with E-state index in [1.807, 2.05) is 12.3 Å². The number of imidazole rings is 1. The first-order chi connectivity index (χ1) is 9.77. The zero-order valence-corrected chi connectivity index (χ0v) is 12.7. The molecule has 0 radical (unpaired) electrons. The molecule has 108 valence electrons. The van der Waals surface area contributed by atoms with Crippen molar-refractivity contribution in [3.8, 4) is 11.4 Å². The number of aromatic nitrogens is 2. The number of hydrogen-bond donors (Lipinski definition) is 1. The number of nitrogens with one attached hydrogen (secondary N) is 1. The molecule has 0 saturated carbocycles. The minimum atomic E-state index is 0.393. The fourth-order valence-corrected chi connectivity index (χ4v) is 2.63. The summed E-state index contributed by atoms with van der Waals surface area (Å²) in [6, 6.07) is 11.3. The molecule has 0 fully saturated rings. The van der Waals surface area contributed by atoms with E-state index in [9.17, 15) is 0 Å². The molecule has 2 aromatic rings. The maximum atomic E-state index is 4.54. The van der Waals surface area contributed by atoms with Gasteiger partial charge in [0.25, 0.3) is 0 Å². The molecule has 3 heteroatoms. The minimum absolute atomic E-state index is 0.393. The molecule has 20 heavy (non-hydrogen) atoms. The molecule has 0 bridgehead atoms.